The fourth-order valence-corrected chi connectivity index (χ4v) is 4.77. The van der Waals surface area contributed by atoms with E-state index < -0.39 is 10.0 Å². The summed E-state index contributed by atoms with van der Waals surface area (Å²) in [6, 6.07) is 13.1. The van der Waals surface area contributed by atoms with E-state index in [9.17, 15) is 8.42 Å². The van der Waals surface area contributed by atoms with Crippen molar-refractivity contribution >= 4 is 44.5 Å². The van der Waals surface area contributed by atoms with Crippen LogP contribution in [0.25, 0.3) is 0 Å². The van der Waals surface area contributed by atoms with Gasteiger partial charge in [0.15, 0.2) is 5.82 Å². The van der Waals surface area contributed by atoms with Gasteiger partial charge in [0.05, 0.1) is 28.9 Å². The van der Waals surface area contributed by atoms with Crippen molar-refractivity contribution < 1.29 is 13.2 Å². The number of hydrogen-bond acceptors (Lipinski definition) is 7. The number of ether oxygens (including phenoxy) is 1. The number of benzene rings is 2. The van der Waals surface area contributed by atoms with Crippen LogP contribution < -0.4 is 19.7 Å². The Morgan fingerprint density at radius 3 is 2.42 bits per heavy atom. The summed E-state index contributed by atoms with van der Waals surface area (Å²) in [4.78, 5) is 2.33. The molecule has 1 saturated heterocycles. The van der Waals surface area contributed by atoms with Gasteiger partial charge in [-0.05, 0) is 55.3 Å². The first-order valence-electron chi connectivity index (χ1n) is 9.76. The minimum Gasteiger partial charge on any atom is -0.495 e. The molecule has 3 aromatic rings. The van der Waals surface area contributed by atoms with Crippen molar-refractivity contribution in [1.29, 1.82) is 0 Å². The van der Waals surface area contributed by atoms with Gasteiger partial charge in [0.2, 0.25) is 0 Å². The van der Waals surface area contributed by atoms with Gasteiger partial charge in [-0.2, -0.15) is 5.10 Å². The predicted octanol–water partition coefficient (Wildman–Crippen LogP) is 4.28. The Labute approximate surface area is 186 Å². The number of halogens is 1. The Hall–Kier alpha value is -3.04. The number of rotatable bonds is 7. The third-order valence-electron chi connectivity index (χ3n) is 4.95. The highest BCUT2D eigenvalue weighted by atomic mass is 35.5. The van der Waals surface area contributed by atoms with Gasteiger partial charge in [-0.3, -0.25) is 4.72 Å². The van der Waals surface area contributed by atoms with Gasteiger partial charge in [-0.1, -0.05) is 11.6 Å². The number of methoxy groups -OCH3 is 1. The Morgan fingerprint density at radius 1 is 1.03 bits per heavy atom. The maximum atomic E-state index is 12.6. The molecule has 1 aliphatic rings. The van der Waals surface area contributed by atoms with Crippen LogP contribution in [0.2, 0.25) is 5.02 Å². The van der Waals surface area contributed by atoms with Crippen molar-refractivity contribution in [2.24, 2.45) is 0 Å². The second kappa shape index (κ2) is 8.99. The summed E-state index contributed by atoms with van der Waals surface area (Å²) < 4.78 is 32.9. The van der Waals surface area contributed by atoms with Crippen molar-refractivity contribution in [3.05, 3.63) is 59.8 Å². The molecule has 1 aromatic heterocycles. The predicted molar refractivity (Wildman–Crippen MR) is 122 cm³/mol. The molecule has 0 bridgehead atoms. The Bertz CT molecular complexity index is 1170. The van der Waals surface area contributed by atoms with Crippen molar-refractivity contribution in [1.82, 2.24) is 10.2 Å². The summed E-state index contributed by atoms with van der Waals surface area (Å²) in [5, 5.41) is 11.6. The zero-order chi connectivity index (χ0) is 21.8. The van der Waals surface area contributed by atoms with Crippen LogP contribution in [0.4, 0.5) is 22.9 Å². The van der Waals surface area contributed by atoms with E-state index in [-0.39, 0.29) is 9.92 Å². The van der Waals surface area contributed by atoms with Crippen LogP contribution in [0.3, 0.4) is 0 Å². The molecule has 162 valence electrons. The highest BCUT2D eigenvalue weighted by Gasteiger charge is 2.17. The number of hydrogen-bond donors (Lipinski definition) is 2. The average Bonchev–Trinajstić information content (AvgIpc) is 3.30. The summed E-state index contributed by atoms with van der Waals surface area (Å²) in [5.41, 5.74) is 2.23. The lowest BCUT2D eigenvalue weighted by Gasteiger charge is -2.17. The number of sulfonamides is 1. The van der Waals surface area contributed by atoms with E-state index >= 15 is 0 Å². The first kappa shape index (κ1) is 21.2. The summed E-state index contributed by atoms with van der Waals surface area (Å²) >= 11 is 6.05. The molecule has 0 radical (unpaired) electrons. The van der Waals surface area contributed by atoms with E-state index in [1.165, 1.54) is 38.2 Å². The molecule has 2 aromatic carbocycles. The van der Waals surface area contributed by atoms with E-state index in [2.05, 4.69) is 25.1 Å². The van der Waals surface area contributed by atoms with Crippen LogP contribution in [-0.2, 0) is 10.0 Å². The molecule has 10 heteroatoms. The third kappa shape index (κ3) is 5.00. The largest absolute Gasteiger partial charge is 0.495 e. The molecule has 2 N–H and O–H groups in total. The molecule has 2 heterocycles. The smallest absolute Gasteiger partial charge is 0.261 e. The van der Waals surface area contributed by atoms with Gasteiger partial charge in [-0.25, -0.2) is 8.42 Å². The van der Waals surface area contributed by atoms with Crippen molar-refractivity contribution in [2.45, 2.75) is 17.7 Å². The quantitative estimate of drug-likeness (QED) is 0.544. The van der Waals surface area contributed by atoms with E-state index in [4.69, 9.17) is 16.3 Å². The molecule has 8 nitrogen and oxygen atoms in total. The normalized spacial score (nSPS) is 13.8. The second-order valence-corrected chi connectivity index (χ2v) is 9.19. The Kier molecular flexibility index (Phi) is 6.15. The van der Waals surface area contributed by atoms with Crippen LogP contribution >= 0.6 is 11.6 Å². The standard InChI is InChI=1S/C21H22ClN5O3S/c1-30-20-9-8-18(13-19(20)22)31(28,29)26-16-6-4-15(5-7-16)24-21-12-17(14-23-25-21)27-10-2-3-11-27/h4-9,12-14,26H,2-3,10-11H2,1H3,(H,24,25). The van der Waals surface area contributed by atoms with Gasteiger partial charge in [0.1, 0.15) is 5.75 Å². The minimum atomic E-state index is -3.79. The molecule has 0 spiro atoms. The molecule has 1 fully saturated rings. The number of aromatic nitrogens is 2. The maximum Gasteiger partial charge on any atom is 0.261 e. The molecule has 0 atom stereocenters. The van der Waals surface area contributed by atoms with Gasteiger partial charge in [0.25, 0.3) is 10.0 Å². The molecule has 4 rings (SSSR count). The molecule has 0 aliphatic carbocycles. The van der Waals surface area contributed by atoms with Crippen LogP contribution in [0.15, 0.2) is 59.6 Å². The topological polar surface area (TPSA) is 96.5 Å². The molecule has 0 unspecified atom stereocenters. The summed E-state index contributed by atoms with van der Waals surface area (Å²) in [7, 11) is -2.32. The average molecular weight is 460 g/mol. The van der Waals surface area contributed by atoms with Crippen LogP contribution in [-0.4, -0.2) is 38.8 Å². The van der Waals surface area contributed by atoms with Crippen LogP contribution in [0.5, 0.6) is 5.75 Å². The molecule has 1 aliphatic heterocycles. The van der Waals surface area contributed by atoms with Crippen molar-refractivity contribution in [3.63, 3.8) is 0 Å². The zero-order valence-electron chi connectivity index (χ0n) is 16.9. The van der Waals surface area contributed by atoms with Gasteiger partial charge in [0, 0.05) is 30.5 Å². The lowest BCUT2D eigenvalue weighted by atomic mass is 10.3. The maximum absolute atomic E-state index is 12.6. The highest BCUT2D eigenvalue weighted by molar-refractivity contribution is 7.92. The summed E-state index contributed by atoms with van der Waals surface area (Å²) in [6.45, 7) is 2.05. The van der Waals surface area contributed by atoms with E-state index in [0.717, 1.165) is 24.5 Å². The van der Waals surface area contributed by atoms with Gasteiger partial charge < -0.3 is 15.0 Å². The molecular formula is C21H22ClN5O3S. The lowest BCUT2D eigenvalue weighted by Crippen LogP contribution is -2.18. The third-order valence-corrected chi connectivity index (χ3v) is 6.63. The molecule has 0 saturated carbocycles. The number of nitrogens with one attached hydrogen (secondary N) is 2. The highest BCUT2D eigenvalue weighted by Crippen LogP contribution is 2.28. The fraction of sp³-hybridized carbons (Fsp3) is 0.238. The van der Waals surface area contributed by atoms with Crippen LogP contribution in [0.1, 0.15) is 12.8 Å². The van der Waals surface area contributed by atoms with Crippen LogP contribution in [0, 0.1) is 0 Å². The van der Waals surface area contributed by atoms with E-state index in [1.807, 2.05) is 6.07 Å². The molecule has 0 amide bonds. The number of nitrogens with zero attached hydrogens (tertiary/aromatic N) is 3. The van der Waals surface area contributed by atoms with Gasteiger partial charge >= 0.3 is 0 Å². The Balaban J connectivity index is 1.45. The Morgan fingerprint density at radius 2 is 1.74 bits per heavy atom. The fourth-order valence-electron chi connectivity index (χ4n) is 3.36. The van der Waals surface area contributed by atoms with E-state index in [0.29, 0.717) is 17.3 Å². The first-order valence-corrected chi connectivity index (χ1v) is 11.6. The summed E-state index contributed by atoms with van der Waals surface area (Å²) in [6.07, 6.45) is 4.14. The minimum absolute atomic E-state index is 0.0505. The van der Waals surface area contributed by atoms with Crippen molar-refractivity contribution in [3.8, 4) is 5.75 Å². The monoisotopic (exact) mass is 459 g/mol. The van der Waals surface area contributed by atoms with Crippen molar-refractivity contribution in [2.75, 3.05) is 35.1 Å². The lowest BCUT2D eigenvalue weighted by molar-refractivity contribution is 0.414. The second-order valence-electron chi connectivity index (χ2n) is 7.10. The zero-order valence-corrected chi connectivity index (χ0v) is 18.4. The molecular weight excluding hydrogens is 438 g/mol. The summed E-state index contributed by atoms with van der Waals surface area (Å²) in [5.74, 6) is 1.04. The number of anilines is 4. The van der Waals surface area contributed by atoms with E-state index in [1.54, 1.807) is 30.5 Å². The SMILES string of the molecule is COc1ccc(S(=O)(=O)Nc2ccc(Nc3cc(N4CCCC4)cnn3)cc2)cc1Cl. The first-order chi connectivity index (χ1) is 14.9. The molecule has 31 heavy (non-hydrogen) atoms. The van der Waals surface area contributed by atoms with Gasteiger partial charge in [-0.15, -0.1) is 5.10 Å².